The van der Waals surface area contributed by atoms with Gasteiger partial charge in [0.05, 0.1) is 26.1 Å². The van der Waals surface area contributed by atoms with Crippen LogP contribution in [0.1, 0.15) is 12.8 Å². The van der Waals surface area contributed by atoms with Crippen LogP contribution < -0.4 is 4.74 Å². The van der Waals surface area contributed by atoms with Crippen LogP contribution >= 0.6 is 0 Å². The van der Waals surface area contributed by atoms with E-state index >= 15 is 0 Å². The van der Waals surface area contributed by atoms with Crippen LogP contribution in [0.5, 0.6) is 5.75 Å². The van der Waals surface area contributed by atoms with Gasteiger partial charge in [0.15, 0.2) is 0 Å². The van der Waals surface area contributed by atoms with Crippen LogP contribution in [0.25, 0.3) is 0 Å². The predicted octanol–water partition coefficient (Wildman–Crippen LogP) is 1.33. The summed E-state index contributed by atoms with van der Waals surface area (Å²) in [5, 5.41) is 10.9. The van der Waals surface area contributed by atoms with E-state index in [1.54, 1.807) is 17.4 Å². The lowest BCUT2D eigenvalue weighted by Gasteiger charge is -2.30. The van der Waals surface area contributed by atoms with E-state index in [1.807, 2.05) is 41.1 Å². The van der Waals surface area contributed by atoms with Gasteiger partial charge >= 0.3 is 0 Å². The van der Waals surface area contributed by atoms with Crippen LogP contribution in [0, 0.1) is 0 Å². The van der Waals surface area contributed by atoms with Crippen molar-refractivity contribution in [3.05, 3.63) is 49.1 Å². The van der Waals surface area contributed by atoms with Gasteiger partial charge in [-0.1, -0.05) is 18.2 Å². The van der Waals surface area contributed by atoms with E-state index in [1.165, 1.54) is 0 Å². The molecule has 3 rings (SSSR count). The number of benzene rings is 1. The third-order valence-electron chi connectivity index (χ3n) is 4.33. The third-order valence-corrected chi connectivity index (χ3v) is 4.33. The number of aliphatic hydroxyl groups is 1. The van der Waals surface area contributed by atoms with Gasteiger partial charge < -0.3 is 24.0 Å². The van der Waals surface area contributed by atoms with Crippen molar-refractivity contribution >= 4 is 5.91 Å². The zero-order valence-corrected chi connectivity index (χ0v) is 14.8. The fraction of sp³-hybridized carbons (Fsp3) is 0.474. The Kier molecular flexibility index (Phi) is 6.25. The molecule has 0 radical (unpaired) electrons. The van der Waals surface area contributed by atoms with Crippen molar-refractivity contribution in [3.63, 3.8) is 0 Å². The Hall–Kier alpha value is -2.38. The van der Waals surface area contributed by atoms with E-state index in [9.17, 15) is 9.90 Å². The molecule has 1 atom stereocenters. The fourth-order valence-electron chi connectivity index (χ4n) is 2.94. The summed E-state index contributed by atoms with van der Waals surface area (Å²) in [5.41, 5.74) is -1.22. The Balaban J connectivity index is 1.51. The minimum Gasteiger partial charge on any atom is -0.490 e. The maximum Gasteiger partial charge on any atom is 0.222 e. The highest BCUT2D eigenvalue weighted by Crippen LogP contribution is 2.17. The van der Waals surface area contributed by atoms with Gasteiger partial charge in [0, 0.05) is 31.9 Å². The summed E-state index contributed by atoms with van der Waals surface area (Å²) in [6.45, 7) is 2.09. The normalized spacial score (nSPS) is 20.6. The van der Waals surface area contributed by atoms with Crippen molar-refractivity contribution in [1.29, 1.82) is 0 Å². The first-order chi connectivity index (χ1) is 12.6. The molecule has 7 nitrogen and oxygen atoms in total. The molecular formula is C19H25N3O4. The summed E-state index contributed by atoms with van der Waals surface area (Å²) in [6, 6.07) is 9.32. The van der Waals surface area contributed by atoms with Crippen molar-refractivity contribution in [2.24, 2.45) is 0 Å². The zero-order valence-electron chi connectivity index (χ0n) is 14.8. The topological polar surface area (TPSA) is 76.8 Å². The molecule has 1 aliphatic heterocycles. The van der Waals surface area contributed by atoms with Crippen LogP contribution in [0.2, 0.25) is 0 Å². The number of ether oxygens (including phenoxy) is 2. The molecule has 2 aromatic rings. The summed E-state index contributed by atoms with van der Waals surface area (Å²) in [7, 11) is 0. The molecule has 7 heteroatoms. The molecule has 1 N–H and O–H groups in total. The molecule has 1 amide bonds. The highest BCUT2D eigenvalue weighted by Gasteiger charge is 2.35. The van der Waals surface area contributed by atoms with E-state index in [-0.39, 0.29) is 25.7 Å². The lowest BCUT2D eigenvalue weighted by molar-refractivity contribution is -0.135. The molecule has 1 aliphatic rings. The Morgan fingerprint density at radius 3 is 2.96 bits per heavy atom. The number of hydrogen-bond donors (Lipinski definition) is 1. The van der Waals surface area contributed by atoms with Crippen LogP contribution in [0.15, 0.2) is 49.1 Å². The molecule has 1 saturated heterocycles. The highest BCUT2D eigenvalue weighted by atomic mass is 16.5. The van der Waals surface area contributed by atoms with Crippen LogP contribution in [-0.2, 0) is 16.1 Å². The Morgan fingerprint density at radius 1 is 1.35 bits per heavy atom. The van der Waals surface area contributed by atoms with Crippen molar-refractivity contribution in [2.45, 2.75) is 25.0 Å². The van der Waals surface area contributed by atoms with Crippen molar-refractivity contribution in [3.8, 4) is 5.75 Å². The maximum atomic E-state index is 12.5. The molecule has 0 bridgehead atoms. The van der Waals surface area contributed by atoms with Gasteiger partial charge in [0.2, 0.25) is 5.91 Å². The fourth-order valence-corrected chi connectivity index (χ4v) is 2.94. The van der Waals surface area contributed by atoms with Crippen molar-refractivity contribution in [1.82, 2.24) is 14.5 Å². The number of para-hydroxylation sites is 1. The number of carbonyl (C=O) groups excluding carboxylic acids is 1. The molecule has 0 saturated carbocycles. The van der Waals surface area contributed by atoms with Crippen LogP contribution in [0.4, 0.5) is 0 Å². The summed E-state index contributed by atoms with van der Waals surface area (Å²) in [6.07, 6.45) is 6.49. The number of imidazole rings is 1. The van der Waals surface area contributed by atoms with E-state index < -0.39 is 5.60 Å². The second-order valence-corrected chi connectivity index (χ2v) is 6.60. The molecule has 2 heterocycles. The quantitative estimate of drug-likeness (QED) is 0.807. The number of rotatable bonds is 7. The predicted molar refractivity (Wildman–Crippen MR) is 95.7 cm³/mol. The summed E-state index contributed by atoms with van der Waals surface area (Å²) in [5.74, 6) is 0.706. The number of hydrogen-bond acceptors (Lipinski definition) is 5. The van der Waals surface area contributed by atoms with Gasteiger partial charge in [-0.3, -0.25) is 4.79 Å². The number of aryl methyl sites for hydroxylation is 1. The first kappa shape index (κ1) is 18.4. The van der Waals surface area contributed by atoms with Crippen molar-refractivity contribution < 1.29 is 19.4 Å². The number of β-amino-alcohol motifs (C(OH)–C–C–N with tert-alkyl or cyclic N) is 1. The van der Waals surface area contributed by atoms with Crippen LogP contribution in [0.3, 0.4) is 0 Å². The third kappa shape index (κ3) is 5.31. The largest absolute Gasteiger partial charge is 0.490 e. The number of carbonyl (C=O) groups is 1. The molecule has 26 heavy (non-hydrogen) atoms. The van der Waals surface area contributed by atoms with Gasteiger partial charge in [-0.2, -0.15) is 0 Å². The molecule has 1 aromatic heterocycles. The molecule has 0 spiro atoms. The average molecular weight is 359 g/mol. The maximum absolute atomic E-state index is 12.5. The summed E-state index contributed by atoms with van der Waals surface area (Å²) >= 11 is 0. The van der Waals surface area contributed by atoms with Gasteiger partial charge in [0.25, 0.3) is 0 Å². The minimum absolute atomic E-state index is 0.0220. The Labute approximate surface area is 153 Å². The Morgan fingerprint density at radius 2 is 2.19 bits per heavy atom. The smallest absolute Gasteiger partial charge is 0.222 e. The minimum atomic E-state index is -1.22. The second kappa shape index (κ2) is 8.82. The molecule has 1 aromatic carbocycles. The molecular weight excluding hydrogens is 334 g/mol. The van der Waals surface area contributed by atoms with Gasteiger partial charge in [-0.15, -0.1) is 0 Å². The molecule has 140 valence electrons. The van der Waals surface area contributed by atoms with Crippen LogP contribution in [-0.4, -0.2) is 64.0 Å². The zero-order chi connectivity index (χ0) is 18.2. The second-order valence-electron chi connectivity index (χ2n) is 6.60. The van der Waals surface area contributed by atoms with E-state index in [0.717, 1.165) is 13.0 Å². The number of nitrogens with zero attached hydrogens (tertiary/aromatic N) is 3. The van der Waals surface area contributed by atoms with E-state index in [0.29, 0.717) is 25.3 Å². The lowest BCUT2D eigenvalue weighted by atomic mass is 10.1. The average Bonchev–Trinajstić information content (AvgIpc) is 3.09. The number of aromatic nitrogens is 2. The Bertz CT molecular complexity index is 677. The van der Waals surface area contributed by atoms with Gasteiger partial charge in [-0.25, -0.2) is 4.98 Å². The standard InChI is InChI=1S/C19H25N3O4/c23-18(7-4-9-21-10-8-20-16-21)22-11-12-25-14-19(24,13-22)15-26-17-5-2-1-3-6-17/h1-3,5-6,8,10,16,24H,4,7,9,11-15H2/t19-/m1/s1. The first-order valence-corrected chi connectivity index (χ1v) is 8.86. The molecule has 1 fully saturated rings. The van der Waals surface area contributed by atoms with Gasteiger partial charge in [0.1, 0.15) is 18.0 Å². The molecule has 0 unspecified atom stereocenters. The highest BCUT2D eigenvalue weighted by molar-refractivity contribution is 5.76. The monoisotopic (exact) mass is 359 g/mol. The number of amides is 1. The first-order valence-electron chi connectivity index (χ1n) is 8.86. The van der Waals surface area contributed by atoms with E-state index in [2.05, 4.69) is 4.98 Å². The molecule has 0 aliphatic carbocycles. The summed E-state index contributed by atoms with van der Waals surface area (Å²) in [4.78, 5) is 18.2. The SMILES string of the molecule is O=C(CCCn1ccnc1)N1CCOC[C@@](O)(COc2ccccc2)C1. The van der Waals surface area contributed by atoms with Crippen molar-refractivity contribution in [2.75, 3.05) is 32.9 Å². The van der Waals surface area contributed by atoms with Gasteiger partial charge in [-0.05, 0) is 18.6 Å². The lowest BCUT2D eigenvalue weighted by Crippen LogP contribution is -2.50. The van der Waals surface area contributed by atoms with E-state index in [4.69, 9.17) is 9.47 Å². The summed E-state index contributed by atoms with van der Waals surface area (Å²) < 4.78 is 13.1.